The van der Waals surface area contributed by atoms with E-state index in [1.54, 1.807) is 19.1 Å². The second kappa shape index (κ2) is 5.38. The van der Waals surface area contributed by atoms with Gasteiger partial charge in [0.25, 0.3) is 0 Å². The van der Waals surface area contributed by atoms with Gasteiger partial charge in [0, 0.05) is 16.3 Å². The first-order valence-corrected chi connectivity index (χ1v) is 9.19. The number of aromatic nitrogens is 4. The van der Waals surface area contributed by atoms with Gasteiger partial charge in [-0.05, 0) is 0 Å². The quantitative estimate of drug-likeness (QED) is 0.574. The predicted molar refractivity (Wildman–Crippen MR) is 91.5 cm³/mol. The van der Waals surface area contributed by atoms with E-state index < -0.39 is 9.84 Å². The standard InChI is InChI=1S/C17H14N4O2S/c1-2-24(22,23)17-14-11-7-6-10-13(14)16-19-18-15(21(16)20-17)12-8-4-3-5-9-12/h3-11H,2H2,1H3. The molecule has 0 unspecified atom stereocenters. The van der Waals surface area contributed by atoms with Gasteiger partial charge in [-0.25, -0.2) is 8.42 Å². The summed E-state index contributed by atoms with van der Waals surface area (Å²) in [6, 6.07) is 16.7. The summed E-state index contributed by atoms with van der Waals surface area (Å²) in [7, 11) is -3.48. The fraction of sp³-hybridized carbons (Fsp3) is 0.118. The topological polar surface area (TPSA) is 77.2 Å². The Balaban J connectivity index is 2.16. The molecular weight excluding hydrogens is 324 g/mol. The van der Waals surface area contributed by atoms with Crippen LogP contribution in [-0.4, -0.2) is 34.0 Å². The van der Waals surface area contributed by atoms with Gasteiger partial charge in [-0.1, -0.05) is 61.5 Å². The molecule has 0 spiro atoms. The van der Waals surface area contributed by atoms with Crippen LogP contribution in [-0.2, 0) is 9.84 Å². The normalized spacial score (nSPS) is 12.0. The Morgan fingerprint density at radius 3 is 2.29 bits per heavy atom. The first kappa shape index (κ1) is 14.8. The highest BCUT2D eigenvalue weighted by molar-refractivity contribution is 7.91. The number of rotatable bonds is 3. The molecule has 2 heterocycles. The third-order valence-electron chi connectivity index (χ3n) is 3.94. The lowest BCUT2D eigenvalue weighted by Gasteiger charge is -2.08. The summed E-state index contributed by atoms with van der Waals surface area (Å²) < 4.78 is 26.5. The summed E-state index contributed by atoms with van der Waals surface area (Å²) in [4.78, 5) is 0. The Kier molecular flexibility index (Phi) is 3.31. The van der Waals surface area contributed by atoms with Crippen molar-refractivity contribution < 1.29 is 8.42 Å². The average Bonchev–Trinajstić information content (AvgIpc) is 3.06. The van der Waals surface area contributed by atoms with Crippen LogP contribution in [0.4, 0.5) is 0 Å². The third-order valence-corrected chi connectivity index (χ3v) is 5.59. The summed E-state index contributed by atoms with van der Waals surface area (Å²) in [5.74, 6) is 0.502. The van der Waals surface area contributed by atoms with Gasteiger partial charge in [-0.15, -0.1) is 10.2 Å². The summed E-state index contributed by atoms with van der Waals surface area (Å²) in [6.45, 7) is 1.61. The minimum Gasteiger partial charge on any atom is -0.222 e. The molecule has 120 valence electrons. The van der Waals surface area contributed by atoms with Crippen molar-refractivity contribution in [1.29, 1.82) is 0 Å². The molecule has 0 atom stereocenters. The molecule has 0 bridgehead atoms. The lowest BCUT2D eigenvalue weighted by atomic mass is 10.2. The molecule has 7 heteroatoms. The van der Waals surface area contributed by atoms with Crippen LogP contribution in [0.2, 0.25) is 0 Å². The van der Waals surface area contributed by atoms with Crippen molar-refractivity contribution in [1.82, 2.24) is 19.8 Å². The zero-order valence-electron chi connectivity index (χ0n) is 12.9. The van der Waals surface area contributed by atoms with Crippen molar-refractivity contribution in [2.45, 2.75) is 11.9 Å². The van der Waals surface area contributed by atoms with E-state index in [9.17, 15) is 8.42 Å². The molecule has 0 amide bonds. The van der Waals surface area contributed by atoms with Gasteiger partial charge in [-0.3, -0.25) is 0 Å². The van der Waals surface area contributed by atoms with E-state index in [0.717, 1.165) is 5.56 Å². The minimum atomic E-state index is -3.48. The van der Waals surface area contributed by atoms with E-state index >= 15 is 0 Å². The van der Waals surface area contributed by atoms with Crippen molar-refractivity contribution in [2.75, 3.05) is 5.75 Å². The van der Waals surface area contributed by atoms with Crippen LogP contribution >= 0.6 is 0 Å². The van der Waals surface area contributed by atoms with E-state index in [0.29, 0.717) is 22.2 Å². The molecule has 0 saturated heterocycles. The molecule has 0 radical (unpaired) electrons. The highest BCUT2D eigenvalue weighted by Gasteiger charge is 2.22. The molecule has 6 nitrogen and oxygen atoms in total. The number of fused-ring (bicyclic) bond motifs is 3. The smallest absolute Gasteiger partial charge is 0.197 e. The van der Waals surface area contributed by atoms with Crippen LogP contribution < -0.4 is 0 Å². The van der Waals surface area contributed by atoms with Gasteiger partial charge >= 0.3 is 0 Å². The molecule has 0 aliphatic carbocycles. The molecule has 0 fully saturated rings. The molecule has 0 N–H and O–H groups in total. The zero-order chi connectivity index (χ0) is 16.7. The molecular formula is C17H14N4O2S. The third kappa shape index (κ3) is 2.16. The second-order valence-electron chi connectivity index (χ2n) is 5.38. The van der Waals surface area contributed by atoms with Crippen LogP contribution in [0, 0.1) is 0 Å². The average molecular weight is 338 g/mol. The largest absolute Gasteiger partial charge is 0.222 e. The van der Waals surface area contributed by atoms with Gasteiger partial charge in [0.2, 0.25) is 0 Å². The molecule has 0 aliphatic heterocycles. The van der Waals surface area contributed by atoms with Crippen LogP contribution in [0.1, 0.15) is 6.92 Å². The highest BCUT2D eigenvalue weighted by atomic mass is 32.2. The van der Waals surface area contributed by atoms with Crippen LogP contribution in [0.3, 0.4) is 0 Å². The molecule has 2 aromatic carbocycles. The Morgan fingerprint density at radius 2 is 1.58 bits per heavy atom. The fourth-order valence-corrected chi connectivity index (χ4v) is 3.68. The van der Waals surface area contributed by atoms with Crippen LogP contribution in [0.25, 0.3) is 27.8 Å². The summed E-state index contributed by atoms with van der Waals surface area (Å²) in [5.41, 5.74) is 1.37. The Hall–Kier alpha value is -2.80. The van der Waals surface area contributed by atoms with Crippen LogP contribution in [0.5, 0.6) is 0 Å². The highest BCUT2D eigenvalue weighted by Crippen LogP contribution is 2.27. The summed E-state index contributed by atoms with van der Waals surface area (Å²) >= 11 is 0. The van der Waals surface area contributed by atoms with Crippen molar-refractivity contribution >= 4 is 26.3 Å². The molecule has 4 rings (SSSR count). The molecule has 0 saturated carbocycles. The number of sulfone groups is 1. The van der Waals surface area contributed by atoms with E-state index in [4.69, 9.17) is 0 Å². The number of hydrogen-bond donors (Lipinski definition) is 0. The van der Waals surface area contributed by atoms with Crippen molar-refractivity contribution in [3.8, 4) is 11.4 Å². The van der Waals surface area contributed by atoms with Gasteiger partial charge in [-0.2, -0.15) is 9.61 Å². The van der Waals surface area contributed by atoms with Gasteiger partial charge in [0.15, 0.2) is 26.3 Å². The Bertz CT molecular complexity index is 1150. The van der Waals surface area contributed by atoms with Gasteiger partial charge in [0.1, 0.15) is 0 Å². The Labute approximate surface area is 138 Å². The Morgan fingerprint density at radius 1 is 0.917 bits per heavy atom. The molecule has 4 aromatic rings. The summed E-state index contributed by atoms with van der Waals surface area (Å²) in [5, 5.41) is 14.2. The number of hydrogen-bond acceptors (Lipinski definition) is 5. The maximum atomic E-state index is 12.5. The van der Waals surface area contributed by atoms with E-state index in [2.05, 4.69) is 15.3 Å². The van der Waals surface area contributed by atoms with Crippen molar-refractivity contribution in [3.63, 3.8) is 0 Å². The van der Waals surface area contributed by atoms with E-state index in [1.165, 1.54) is 4.52 Å². The monoisotopic (exact) mass is 338 g/mol. The first-order chi connectivity index (χ1) is 11.6. The van der Waals surface area contributed by atoms with E-state index in [-0.39, 0.29) is 10.8 Å². The van der Waals surface area contributed by atoms with Crippen LogP contribution in [0.15, 0.2) is 59.6 Å². The predicted octanol–water partition coefficient (Wildman–Crippen LogP) is 2.74. The number of nitrogens with zero attached hydrogens (tertiary/aromatic N) is 4. The van der Waals surface area contributed by atoms with Crippen molar-refractivity contribution in [2.24, 2.45) is 0 Å². The maximum absolute atomic E-state index is 12.5. The second-order valence-corrected chi connectivity index (χ2v) is 7.57. The molecule has 0 aliphatic rings. The molecule has 24 heavy (non-hydrogen) atoms. The zero-order valence-corrected chi connectivity index (χ0v) is 13.7. The van der Waals surface area contributed by atoms with Gasteiger partial charge in [0.05, 0.1) is 5.75 Å². The van der Waals surface area contributed by atoms with E-state index in [1.807, 2.05) is 42.5 Å². The maximum Gasteiger partial charge on any atom is 0.197 e. The SMILES string of the molecule is CCS(=O)(=O)c1nn2c(-c3ccccc3)nnc2c2ccccc12. The number of benzene rings is 2. The first-order valence-electron chi connectivity index (χ1n) is 7.54. The van der Waals surface area contributed by atoms with Crippen molar-refractivity contribution in [3.05, 3.63) is 54.6 Å². The lowest BCUT2D eigenvalue weighted by molar-refractivity contribution is 0.592. The minimum absolute atomic E-state index is 0.0156. The fourth-order valence-electron chi connectivity index (χ4n) is 2.69. The van der Waals surface area contributed by atoms with Gasteiger partial charge < -0.3 is 0 Å². The lowest BCUT2D eigenvalue weighted by Crippen LogP contribution is -2.10. The summed E-state index contributed by atoms with van der Waals surface area (Å²) in [6.07, 6.45) is 0. The molecule has 2 aromatic heterocycles.